The average Bonchev–Trinajstić information content (AvgIpc) is 3.12. The van der Waals surface area contributed by atoms with E-state index < -0.39 is 0 Å². The van der Waals surface area contributed by atoms with Gasteiger partial charge in [0.05, 0.1) is 29.7 Å². The summed E-state index contributed by atoms with van der Waals surface area (Å²) in [6, 6.07) is 13.4. The molecular formula is C23H27N7O2. The molecule has 0 saturated carbocycles. The minimum atomic E-state index is 0.413. The Morgan fingerprint density at radius 2 is 1.94 bits per heavy atom. The zero-order chi connectivity index (χ0) is 22.7. The minimum absolute atomic E-state index is 0.413. The molecule has 4 rings (SSSR count). The van der Waals surface area contributed by atoms with E-state index in [1.54, 1.807) is 25.4 Å². The number of likely N-dealkylation sites (N-methyl/N-ethyl adjacent to an activating group) is 1. The van der Waals surface area contributed by atoms with Crippen molar-refractivity contribution in [1.29, 1.82) is 0 Å². The molecule has 0 spiro atoms. The lowest BCUT2D eigenvalue weighted by atomic mass is 10.1. The summed E-state index contributed by atoms with van der Waals surface area (Å²) in [5, 5.41) is 8.88. The molecule has 0 fully saturated rings. The first-order chi connectivity index (χ1) is 15.5. The molecule has 2 aromatic heterocycles. The standard InChI is InChI=1S/C23H27N7O2/c1-29(2)11-12-32-20-14-21(31-4)18(13-16(20)24)27-23-25-10-9-17(26-23)22-15-7-5-6-8-19(15)30(3)28-22/h5-10,13-14H,11-12,24H2,1-4H3,(H,25,26,27). The van der Waals surface area contributed by atoms with Crippen molar-refractivity contribution in [3.63, 3.8) is 0 Å². The van der Waals surface area contributed by atoms with E-state index in [4.69, 9.17) is 15.2 Å². The van der Waals surface area contributed by atoms with Crippen LogP contribution in [0, 0.1) is 0 Å². The van der Waals surface area contributed by atoms with Crippen molar-refractivity contribution < 1.29 is 9.47 Å². The third kappa shape index (κ3) is 4.42. The molecule has 2 aromatic carbocycles. The van der Waals surface area contributed by atoms with Gasteiger partial charge in [0.25, 0.3) is 0 Å². The lowest BCUT2D eigenvalue weighted by molar-refractivity contribution is 0.261. The van der Waals surface area contributed by atoms with Gasteiger partial charge >= 0.3 is 0 Å². The van der Waals surface area contributed by atoms with Crippen LogP contribution in [0.1, 0.15) is 0 Å². The Kier molecular flexibility index (Phi) is 6.09. The van der Waals surface area contributed by atoms with Crippen LogP contribution < -0.4 is 20.5 Å². The van der Waals surface area contributed by atoms with Crippen LogP contribution in [0.2, 0.25) is 0 Å². The molecule has 0 aliphatic carbocycles. The van der Waals surface area contributed by atoms with Gasteiger partial charge in [0.2, 0.25) is 5.95 Å². The zero-order valence-corrected chi connectivity index (χ0v) is 18.7. The highest BCUT2D eigenvalue weighted by Gasteiger charge is 2.14. The quantitative estimate of drug-likeness (QED) is 0.408. The first kappa shape index (κ1) is 21.4. The van der Waals surface area contributed by atoms with Gasteiger partial charge in [0.1, 0.15) is 23.8 Å². The molecular weight excluding hydrogens is 406 g/mol. The first-order valence-electron chi connectivity index (χ1n) is 10.2. The van der Waals surface area contributed by atoms with E-state index in [0.29, 0.717) is 35.4 Å². The second-order valence-corrected chi connectivity index (χ2v) is 7.62. The summed E-state index contributed by atoms with van der Waals surface area (Å²) in [5.74, 6) is 1.57. The van der Waals surface area contributed by atoms with Gasteiger partial charge in [0, 0.05) is 31.2 Å². The fourth-order valence-corrected chi connectivity index (χ4v) is 3.38. The van der Waals surface area contributed by atoms with Crippen molar-refractivity contribution >= 4 is 28.2 Å². The van der Waals surface area contributed by atoms with Gasteiger partial charge in [0.15, 0.2) is 0 Å². The lowest BCUT2D eigenvalue weighted by Crippen LogP contribution is -2.19. The van der Waals surface area contributed by atoms with Gasteiger partial charge in [-0.3, -0.25) is 4.68 Å². The molecule has 0 amide bonds. The maximum Gasteiger partial charge on any atom is 0.227 e. The molecule has 0 bridgehead atoms. The number of fused-ring (bicyclic) bond motifs is 1. The molecule has 0 unspecified atom stereocenters. The molecule has 4 aromatic rings. The number of hydrogen-bond acceptors (Lipinski definition) is 8. The molecule has 3 N–H and O–H groups in total. The highest BCUT2D eigenvalue weighted by molar-refractivity contribution is 5.92. The Labute approximate surface area is 186 Å². The number of rotatable bonds is 8. The van der Waals surface area contributed by atoms with Crippen LogP contribution in [-0.4, -0.2) is 59.0 Å². The fraction of sp³-hybridized carbons (Fsp3) is 0.261. The molecule has 2 heterocycles. The van der Waals surface area contributed by atoms with Crippen LogP contribution >= 0.6 is 0 Å². The second-order valence-electron chi connectivity index (χ2n) is 7.62. The predicted octanol–water partition coefficient (Wildman–Crippen LogP) is 3.31. The maximum absolute atomic E-state index is 6.21. The summed E-state index contributed by atoms with van der Waals surface area (Å²) in [6.45, 7) is 1.31. The van der Waals surface area contributed by atoms with E-state index in [9.17, 15) is 0 Å². The number of aryl methyl sites for hydroxylation is 1. The fourth-order valence-electron chi connectivity index (χ4n) is 3.38. The second kappa shape index (κ2) is 9.11. The van der Waals surface area contributed by atoms with Crippen molar-refractivity contribution in [2.45, 2.75) is 0 Å². The van der Waals surface area contributed by atoms with Crippen LogP contribution in [-0.2, 0) is 7.05 Å². The number of nitrogen functional groups attached to an aromatic ring is 1. The van der Waals surface area contributed by atoms with Gasteiger partial charge in [-0.05, 0) is 32.3 Å². The van der Waals surface area contributed by atoms with Gasteiger partial charge in [-0.15, -0.1) is 0 Å². The molecule has 9 nitrogen and oxygen atoms in total. The molecule has 166 valence electrons. The normalized spacial score (nSPS) is 11.2. The van der Waals surface area contributed by atoms with E-state index in [1.807, 2.05) is 61.1 Å². The smallest absolute Gasteiger partial charge is 0.227 e. The summed E-state index contributed by atoms with van der Waals surface area (Å²) in [7, 11) is 7.49. The number of nitrogens with one attached hydrogen (secondary N) is 1. The number of aromatic nitrogens is 4. The number of benzene rings is 2. The van der Waals surface area contributed by atoms with E-state index in [0.717, 1.165) is 28.8 Å². The van der Waals surface area contributed by atoms with Crippen LogP contribution in [0.15, 0.2) is 48.7 Å². The monoisotopic (exact) mass is 433 g/mol. The number of para-hydroxylation sites is 1. The molecule has 0 aliphatic rings. The Bertz CT molecular complexity index is 1240. The Morgan fingerprint density at radius 1 is 1.12 bits per heavy atom. The number of anilines is 3. The SMILES string of the molecule is COc1cc(OCCN(C)C)c(N)cc1Nc1nccc(-c2nn(C)c3ccccc23)n1. The van der Waals surface area contributed by atoms with Gasteiger partial charge in [-0.25, -0.2) is 9.97 Å². The average molecular weight is 434 g/mol. The van der Waals surface area contributed by atoms with Crippen molar-refractivity contribution in [1.82, 2.24) is 24.6 Å². The van der Waals surface area contributed by atoms with Gasteiger partial charge in [-0.2, -0.15) is 5.10 Å². The number of nitrogens with two attached hydrogens (primary N) is 1. The van der Waals surface area contributed by atoms with Gasteiger partial charge < -0.3 is 25.4 Å². The van der Waals surface area contributed by atoms with E-state index in [2.05, 4.69) is 20.4 Å². The summed E-state index contributed by atoms with van der Waals surface area (Å²) < 4.78 is 13.2. The van der Waals surface area contributed by atoms with Crippen LogP contribution in [0.4, 0.5) is 17.3 Å². The Morgan fingerprint density at radius 3 is 2.72 bits per heavy atom. The van der Waals surface area contributed by atoms with Crippen LogP contribution in [0.3, 0.4) is 0 Å². The largest absolute Gasteiger partial charge is 0.494 e. The van der Waals surface area contributed by atoms with E-state index in [1.165, 1.54) is 0 Å². The highest BCUT2D eigenvalue weighted by Crippen LogP contribution is 2.36. The molecule has 9 heteroatoms. The van der Waals surface area contributed by atoms with Crippen molar-refractivity contribution in [3.05, 3.63) is 48.7 Å². The van der Waals surface area contributed by atoms with Crippen LogP contribution in [0.5, 0.6) is 11.5 Å². The third-order valence-electron chi connectivity index (χ3n) is 5.03. The van der Waals surface area contributed by atoms with E-state index >= 15 is 0 Å². The zero-order valence-electron chi connectivity index (χ0n) is 18.7. The summed E-state index contributed by atoms with van der Waals surface area (Å²) >= 11 is 0. The summed E-state index contributed by atoms with van der Waals surface area (Å²) in [4.78, 5) is 11.1. The van der Waals surface area contributed by atoms with Crippen molar-refractivity contribution in [2.75, 3.05) is 45.4 Å². The molecule has 0 radical (unpaired) electrons. The molecule has 32 heavy (non-hydrogen) atoms. The maximum atomic E-state index is 6.21. The Balaban J connectivity index is 1.61. The number of nitrogens with zero attached hydrogens (tertiary/aromatic N) is 5. The number of methoxy groups -OCH3 is 1. The summed E-state index contributed by atoms with van der Waals surface area (Å²) in [6.07, 6.45) is 1.70. The molecule has 0 aliphatic heterocycles. The lowest BCUT2D eigenvalue weighted by Gasteiger charge is -2.16. The van der Waals surface area contributed by atoms with Crippen LogP contribution in [0.25, 0.3) is 22.3 Å². The van der Waals surface area contributed by atoms with Gasteiger partial charge in [-0.1, -0.05) is 18.2 Å². The van der Waals surface area contributed by atoms with E-state index in [-0.39, 0.29) is 0 Å². The Hall–Kier alpha value is -3.85. The minimum Gasteiger partial charge on any atom is -0.494 e. The predicted molar refractivity (Wildman–Crippen MR) is 126 cm³/mol. The van der Waals surface area contributed by atoms with Crippen molar-refractivity contribution in [2.24, 2.45) is 7.05 Å². The number of ether oxygens (including phenoxy) is 2. The number of hydrogen-bond donors (Lipinski definition) is 2. The molecule has 0 saturated heterocycles. The molecule has 0 atom stereocenters. The summed E-state index contributed by atoms with van der Waals surface area (Å²) in [5.41, 5.74) is 9.91. The third-order valence-corrected chi connectivity index (χ3v) is 5.03. The van der Waals surface area contributed by atoms with Crippen molar-refractivity contribution in [3.8, 4) is 22.9 Å². The highest BCUT2D eigenvalue weighted by atomic mass is 16.5. The topological polar surface area (TPSA) is 103 Å². The first-order valence-corrected chi connectivity index (χ1v) is 10.2.